The lowest BCUT2D eigenvalue weighted by molar-refractivity contribution is 1.18. The number of aromatic nitrogens is 3. The summed E-state index contributed by atoms with van der Waals surface area (Å²) in [7, 11) is 0. The number of nitrogens with zero attached hydrogens (tertiary/aromatic N) is 4. The van der Waals surface area contributed by atoms with E-state index in [0.717, 1.165) is 38.8 Å². The van der Waals surface area contributed by atoms with Gasteiger partial charge >= 0.3 is 0 Å². The molecule has 2 aromatic heterocycles. The summed E-state index contributed by atoms with van der Waals surface area (Å²) < 4.78 is 0. The average Bonchev–Trinajstić information content (AvgIpc) is 3.00. The van der Waals surface area contributed by atoms with Gasteiger partial charge < -0.3 is 4.98 Å². The van der Waals surface area contributed by atoms with Gasteiger partial charge in [-0.2, -0.15) is 0 Å². The Hall–Kier alpha value is -3.60. The van der Waals surface area contributed by atoms with Gasteiger partial charge in [-0.05, 0) is 42.5 Å². The van der Waals surface area contributed by atoms with Crippen molar-refractivity contribution in [1.29, 1.82) is 0 Å². The predicted molar refractivity (Wildman–Crippen MR) is 98.6 cm³/mol. The van der Waals surface area contributed by atoms with Crippen LogP contribution in [0.4, 0.5) is 11.5 Å². The summed E-state index contributed by atoms with van der Waals surface area (Å²) in [6.07, 6.45) is 3.68. The van der Waals surface area contributed by atoms with E-state index in [0.29, 0.717) is 5.82 Å². The summed E-state index contributed by atoms with van der Waals surface area (Å²) >= 11 is 0. The van der Waals surface area contributed by atoms with Crippen molar-refractivity contribution in [3.63, 3.8) is 0 Å². The van der Waals surface area contributed by atoms with Crippen LogP contribution < -0.4 is 0 Å². The molecule has 1 aliphatic carbocycles. The van der Waals surface area contributed by atoms with Gasteiger partial charge in [-0.3, -0.25) is 4.98 Å². The van der Waals surface area contributed by atoms with Gasteiger partial charge in [0, 0.05) is 28.7 Å². The number of rotatable bonds is 2. The smallest absolute Gasteiger partial charge is 0.174 e. The van der Waals surface area contributed by atoms with E-state index in [2.05, 4.69) is 25.2 Å². The van der Waals surface area contributed by atoms with E-state index in [4.69, 9.17) is 0 Å². The summed E-state index contributed by atoms with van der Waals surface area (Å²) in [5, 5.41) is 10.9. The molecule has 1 aromatic carbocycles. The van der Waals surface area contributed by atoms with Crippen molar-refractivity contribution < 1.29 is 0 Å². The van der Waals surface area contributed by atoms with Crippen LogP contribution in [0.5, 0.6) is 0 Å². The molecule has 25 heavy (non-hydrogen) atoms. The van der Waals surface area contributed by atoms with E-state index in [-0.39, 0.29) is 0 Å². The van der Waals surface area contributed by atoms with Crippen LogP contribution in [0.3, 0.4) is 0 Å². The molecule has 0 saturated carbocycles. The molecule has 5 rings (SSSR count). The first-order valence-electron chi connectivity index (χ1n) is 8.01. The van der Waals surface area contributed by atoms with Gasteiger partial charge in [-0.25, -0.2) is 4.98 Å². The van der Waals surface area contributed by atoms with Crippen LogP contribution in [-0.4, -0.2) is 15.0 Å². The maximum Gasteiger partial charge on any atom is 0.174 e. The first kappa shape index (κ1) is 13.8. The lowest BCUT2D eigenvalue weighted by Crippen LogP contribution is -1.80. The highest BCUT2D eigenvalue weighted by Gasteiger charge is 2.18. The summed E-state index contributed by atoms with van der Waals surface area (Å²) in [6, 6.07) is 19.8. The lowest BCUT2D eigenvalue weighted by atomic mass is 10.2. The molecular weight excluding hydrogens is 310 g/mol. The minimum Gasteiger partial charge on any atom is -0.359 e. The van der Waals surface area contributed by atoms with E-state index >= 15 is 0 Å². The van der Waals surface area contributed by atoms with Crippen molar-refractivity contribution in [3.05, 3.63) is 73.1 Å². The first-order valence-corrected chi connectivity index (χ1v) is 8.01. The van der Waals surface area contributed by atoms with Gasteiger partial charge in [0.15, 0.2) is 5.82 Å². The fraction of sp³-hybridized carbons (Fsp3) is 0. The van der Waals surface area contributed by atoms with Gasteiger partial charge in [-0.15, -0.1) is 10.2 Å². The summed E-state index contributed by atoms with van der Waals surface area (Å²) in [5.41, 5.74) is 4.59. The minimum absolute atomic E-state index is 0.588. The molecule has 0 saturated heterocycles. The average molecular weight is 323 g/mol. The number of pyridine rings is 3. The number of hydrogen-bond acceptors (Lipinski definition) is 4. The number of nitrogens with one attached hydrogen (secondary N) is 1. The van der Waals surface area contributed by atoms with Crippen molar-refractivity contribution in [2.45, 2.75) is 0 Å². The zero-order valence-corrected chi connectivity index (χ0v) is 13.2. The normalized spacial score (nSPS) is 11.8. The molecule has 0 atom stereocenters. The van der Waals surface area contributed by atoms with Crippen LogP contribution in [-0.2, 0) is 0 Å². The van der Waals surface area contributed by atoms with Gasteiger partial charge in [-0.1, -0.05) is 18.2 Å². The third-order valence-electron chi connectivity index (χ3n) is 4.25. The highest BCUT2D eigenvalue weighted by Crippen LogP contribution is 2.42. The number of H-pyrrole nitrogens is 1. The Morgan fingerprint density at radius 2 is 1.80 bits per heavy atom. The molecule has 1 N–H and O–H groups in total. The van der Waals surface area contributed by atoms with Crippen LogP contribution in [0.15, 0.2) is 83.3 Å². The van der Waals surface area contributed by atoms with Crippen molar-refractivity contribution >= 4 is 33.3 Å². The standard InChI is InChI=1S/C20H13N5/c1-2-8-16-13(5-1)9-10-17(23-16)24-25-18-14-6-3-11-21-19(14)20-15(18)7-4-12-22-20/h1-12,21H. The molecule has 0 radical (unpaired) electrons. The highest BCUT2D eigenvalue weighted by atomic mass is 15.1. The number of para-hydroxylation sites is 1. The second-order valence-corrected chi connectivity index (χ2v) is 5.77. The molecule has 1 aliphatic heterocycles. The van der Waals surface area contributed by atoms with Gasteiger partial charge in [0.05, 0.1) is 16.7 Å². The molecule has 0 unspecified atom stereocenters. The predicted octanol–water partition coefficient (Wildman–Crippen LogP) is 5.63. The Morgan fingerprint density at radius 1 is 0.840 bits per heavy atom. The van der Waals surface area contributed by atoms with Crippen LogP contribution >= 0.6 is 0 Å². The molecule has 3 heterocycles. The molecule has 0 amide bonds. The molecule has 118 valence electrons. The Labute approximate surface area is 143 Å². The topological polar surface area (TPSA) is 66.3 Å². The van der Waals surface area contributed by atoms with Crippen LogP contribution in [0, 0.1) is 0 Å². The van der Waals surface area contributed by atoms with Gasteiger partial charge in [0.1, 0.15) is 5.69 Å². The summed E-state index contributed by atoms with van der Waals surface area (Å²) in [6.45, 7) is 0. The Bertz CT molecular complexity index is 1210. The molecular formula is C20H13N5. The third-order valence-corrected chi connectivity index (χ3v) is 4.25. The molecule has 0 spiro atoms. The largest absolute Gasteiger partial charge is 0.359 e. The van der Waals surface area contributed by atoms with E-state index in [1.54, 1.807) is 6.20 Å². The van der Waals surface area contributed by atoms with Crippen molar-refractivity contribution in [3.8, 4) is 11.3 Å². The van der Waals surface area contributed by atoms with Gasteiger partial charge in [0.2, 0.25) is 0 Å². The maximum absolute atomic E-state index is 4.55. The first-order chi connectivity index (χ1) is 12.4. The monoisotopic (exact) mass is 323 g/mol. The minimum atomic E-state index is 0.588. The van der Waals surface area contributed by atoms with Crippen LogP contribution in [0.2, 0.25) is 0 Å². The van der Waals surface area contributed by atoms with E-state index in [9.17, 15) is 0 Å². The molecule has 5 nitrogen and oxygen atoms in total. The quantitative estimate of drug-likeness (QED) is 0.428. The number of benzene rings is 1. The van der Waals surface area contributed by atoms with Crippen LogP contribution in [0.25, 0.3) is 33.1 Å². The third kappa shape index (κ3) is 2.25. The molecule has 2 aliphatic rings. The Morgan fingerprint density at radius 3 is 2.80 bits per heavy atom. The zero-order valence-electron chi connectivity index (χ0n) is 13.2. The fourth-order valence-corrected chi connectivity index (χ4v) is 3.09. The fourth-order valence-electron chi connectivity index (χ4n) is 3.09. The second-order valence-electron chi connectivity index (χ2n) is 5.77. The maximum atomic E-state index is 4.55. The zero-order chi connectivity index (χ0) is 16.6. The summed E-state index contributed by atoms with van der Waals surface area (Å²) in [4.78, 5) is 12.3. The number of azo groups is 1. The van der Waals surface area contributed by atoms with Crippen molar-refractivity contribution in [2.24, 2.45) is 10.2 Å². The second kappa shape index (κ2) is 5.49. The van der Waals surface area contributed by atoms with E-state index in [1.165, 1.54) is 0 Å². The van der Waals surface area contributed by atoms with Crippen molar-refractivity contribution in [2.75, 3.05) is 0 Å². The van der Waals surface area contributed by atoms with E-state index < -0.39 is 0 Å². The molecule has 3 aromatic rings. The number of fused-ring (bicyclic) bond motifs is 4. The van der Waals surface area contributed by atoms with Crippen LogP contribution in [0.1, 0.15) is 0 Å². The number of hydrogen-bond donors (Lipinski definition) is 1. The SMILES string of the molecule is c1c[nH]c2c3ncccc3c(N=Nc3ccc4ccccc4n3)c-2c1. The molecule has 5 heteroatoms. The Balaban J connectivity index is 1.66. The van der Waals surface area contributed by atoms with E-state index in [1.807, 2.05) is 66.9 Å². The molecule has 0 bridgehead atoms. The lowest BCUT2D eigenvalue weighted by Gasteiger charge is -1.99. The number of aromatic amines is 1. The molecule has 0 fully saturated rings. The highest BCUT2D eigenvalue weighted by molar-refractivity contribution is 6.08. The van der Waals surface area contributed by atoms with Crippen molar-refractivity contribution in [1.82, 2.24) is 15.0 Å². The van der Waals surface area contributed by atoms with Gasteiger partial charge in [0.25, 0.3) is 0 Å². The Kier molecular flexibility index (Phi) is 3.03. The summed E-state index contributed by atoms with van der Waals surface area (Å²) in [5.74, 6) is 0.588.